The highest BCUT2D eigenvalue weighted by atomic mass is 127. The van der Waals surface area contributed by atoms with Gasteiger partial charge in [0, 0.05) is 18.0 Å². The third-order valence-corrected chi connectivity index (χ3v) is 6.37. The normalized spacial score (nSPS) is 19.7. The van der Waals surface area contributed by atoms with Gasteiger partial charge in [-0.05, 0) is 72.4 Å². The molecule has 2 aliphatic carbocycles. The summed E-state index contributed by atoms with van der Waals surface area (Å²) < 4.78 is 2.56. The van der Waals surface area contributed by atoms with E-state index in [1.807, 2.05) is 18.2 Å². The van der Waals surface area contributed by atoms with Crippen LogP contribution in [0.3, 0.4) is 0 Å². The molecule has 1 N–H and O–H groups in total. The second kappa shape index (κ2) is 7.00. The number of nitrogens with one attached hydrogen (secondary N) is 1. The molecule has 0 saturated heterocycles. The molecule has 1 atom stereocenters. The summed E-state index contributed by atoms with van der Waals surface area (Å²) in [4.78, 5) is 13.4. The Morgan fingerprint density at radius 3 is 2.92 bits per heavy atom. The molecule has 1 unspecified atom stereocenters. The van der Waals surface area contributed by atoms with Gasteiger partial charge in [0.05, 0.1) is 16.3 Å². The Morgan fingerprint density at radius 1 is 1.40 bits per heavy atom. The van der Waals surface area contributed by atoms with Gasteiger partial charge in [0.2, 0.25) is 0 Å². The van der Waals surface area contributed by atoms with E-state index in [9.17, 15) is 4.79 Å². The molecule has 6 heteroatoms. The molecule has 2 aromatic rings. The molecule has 1 saturated carbocycles. The zero-order chi connectivity index (χ0) is 17.6. The van der Waals surface area contributed by atoms with Gasteiger partial charge in [-0.2, -0.15) is 9.78 Å². The van der Waals surface area contributed by atoms with Gasteiger partial charge in [-0.25, -0.2) is 0 Å². The smallest absolute Gasteiger partial charge is 0.280 e. The third kappa shape index (κ3) is 3.26. The first kappa shape index (κ1) is 17.5. The Balaban J connectivity index is 1.75. The highest BCUT2D eigenvalue weighted by molar-refractivity contribution is 14.1. The summed E-state index contributed by atoms with van der Waals surface area (Å²) >= 11 is 8.69. The van der Waals surface area contributed by atoms with Crippen LogP contribution >= 0.6 is 34.2 Å². The molecule has 1 aromatic heterocycles. The van der Waals surface area contributed by atoms with Gasteiger partial charge < -0.3 is 5.32 Å². The molecule has 0 aliphatic heterocycles. The minimum atomic E-state index is -0.0798. The minimum Gasteiger partial charge on any atom is -0.314 e. The Labute approximate surface area is 166 Å². The predicted octanol–water partition coefficient (Wildman–Crippen LogP) is 4.17. The monoisotopic (exact) mass is 469 g/mol. The number of benzene rings is 1. The zero-order valence-electron chi connectivity index (χ0n) is 14.2. The van der Waals surface area contributed by atoms with Crippen molar-refractivity contribution in [2.24, 2.45) is 0 Å². The SMILES string of the molecule is CCNC1CCc2c(I)nn(C(=O)c3c(Cl)cccc3C3CC3)c2C1. The Kier molecular flexibility index (Phi) is 4.90. The summed E-state index contributed by atoms with van der Waals surface area (Å²) in [5, 5.41) is 8.64. The highest BCUT2D eigenvalue weighted by Gasteiger charge is 2.33. The summed E-state index contributed by atoms with van der Waals surface area (Å²) in [6.07, 6.45) is 5.18. The number of likely N-dealkylation sites (N-methyl/N-ethyl adjacent to an activating group) is 1. The third-order valence-electron chi connectivity index (χ3n) is 5.19. The number of carbonyl (C=O) groups excluding carboxylic acids is 1. The number of rotatable bonds is 4. The zero-order valence-corrected chi connectivity index (χ0v) is 17.1. The van der Waals surface area contributed by atoms with Crippen LogP contribution in [-0.2, 0) is 12.8 Å². The molecule has 4 nitrogen and oxygen atoms in total. The molecule has 0 radical (unpaired) electrons. The van der Waals surface area contributed by atoms with Crippen molar-refractivity contribution in [2.75, 3.05) is 6.54 Å². The molecule has 1 heterocycles. The summed E-state index contributed by atoms with van der Waals surface area (Å²) in [6, 6.07) is 6.20. The van der Waals surface area contributed by atoms with Crippen molar-refractivity contribution in [1.82, 2.24) is 15.1 Å². The fraction of sp³-hybridized carbons (Fsp3) is 0.474. The molecule has 25 heavy (non-hydrogen) atoms. The predicted molar refractivity (Wildman–Crippen MR) is 108 cm³/mol. The Bertz CT molecular complexity index is 828. The van der Waals surface area contributed by atoms with Crippen molar-refractivity contribution in [3.05, 3.63) is 49.3 Å². The van der Waals surface area contributed by atoms with Gasteiger partial charge in [0.25, 0.3) is 5.91 Å². The lowest BCUT2D eigenvalue weighted by Crippen LogP contribution is -2.35. The summed E-state index contributed by atoms with van der Waals surface area (Å²) in [6.45, 7) is 3.06. The minimum absolute atomic E-state index is 0.0798. The van der Waals surface area contributed by atoms with E-state index < -0.39 is 0 Å². The van der Waals surface area contributed by atoms with E-state index in [-0.39, 0.29) is 5.91 Å². The lowest BCUT2D eigenvalue weighted by Gasteiger charge is -2.24. The fourth-order valence-corrected chi connectivity index (χ4v) is 4.86. The molecule has 2 aliphatic rings. The number of hydrogen-bond donors (Lipinski definition) is 1. The number of nitrogens with zero attached hydrogens (tertiary/aromatic N) is 2. The van der Waals surface area contributed by atoms with Crippen LogP contribution in [-0.4, -0.2) is 28.3 Å². The van der Waals surface area contributed by atoms with Gasteiger partial charge in [-0.15, -0.1) is 0 Å². The van der Waals surface area contributed by atoms with E-state index in [0.717, 1.165) is 53.6 Å². The first-order chi connectivity index (χ1) is 12.1. The van der Waals surface area contributed by atoms with Crippen molar-refractivity contribution in [1.29, 1.82) is 0 Å². The first-order valence-electron chi connectivity index (χ1n) is 8.93. The van der Waals surface area contributed by atoms with Gasteiger partial charge in [0.15, 0.2) is 0 Å². The standard InChI is InChI=1S/C19H21ClIN3O/c1-2-22-12-8-9-14-16(10-12)24(23-18(14)21)19(25)17-13(11-6-7-11)4-3-5-15(17)20/h3-5,11-12,22H,2,6-10H2,1H3. The Hall–Kier alpha value is -0.920. The molecule has 0 bridgehead atoms. The molecule has 0 spiro atoms. The number of carbonyl (C=O) groups is 1. The average Bonchev–Trinajstić information content (AvgIpc) is 3.39. The highest BCUT2D eigenvalue weighted by Crippen LogP contribution is 2.43. The van der Waals surface area contributed by atoms with Crippen molar-refractivity contribution in [3.8, 4) is 0 Å². The molecule has 1 fully saturated rings. The van der Waals surface area contributed by atoms with Gasteiger partial charge >= 0.3 is 0 Å². The van der Waals surface area contributed by atoms with E-state index >= 15 is 0 Å². The topological polar surface area (TPSA) is 46.9 Å². The van der Waals surface area contributed by atoms with Crippen LogP contribution in [0.15, 0.2) is 18.2 Å². The molecule has 4 rings (SSSR count). The quantitative estimate of drug-likeness (QED) is 0.684. The maximum atomic E-state index is 13.4. The van der Waals surface area contributed by atoms with E-state index in [4.69, 9.17) is 11.6 Å². The van der Waals surface area contributed by atoms with E-state index in [1.54, 1.807) is 4.68 Å². The van der Waals surface area contributed by atoms with Gasteiger partial charge in [0.1, 0.15) is 3.70 Å². The van der Waals surface area contributed by atoms with Crippen LogP contribution in [0.4, 0.5) is 0 Å². The number of hydrogen-bond acceptors (Lipinski definition) is 3. The molecule has 1 aromatic carbocycles. The van der Waals surface area contributed by atoms with E-state index in [0.29, 0.717) is 22.5 Å². The van der Waals surface area contributed by atoms with Crippen molar-refractivity contribution in [3.63, 3.8) is 0 Å². The van der Waals surface area contributed by atoms with Crippen LogP contribution in [0.1, 0.15) is 59.3 Å². The maximum absolute atomic E-state index is 13.4. The van der Waals surface area contributed by atoms with Crippen LogP contribution < -0.4 is 5.32 Å². The van der Waals surface area contributed by atoms with Crippen LogP contribution in [0.25, 0.3) is 0 Å². The van der Waals surface area contributed by atoms with Crippen LogP contribution in [0.5, 0.6) is 0 Å². The lowest BCUT2D eigenvalue weighted by atomic mass is 9.93. The van der Waals surface area contributed by atoms with Crippen molar-refractivity contribution in [2.45, 2.75) is 51.0 Å². The van der Waals surface area contributed by atoms with Crippen LogP contribution in [0, 0.1) is 3.70 Å². The summed E-state index contributed by atoms with van der Waals surface area (Å²) in [5.41, 5.74) is 3.99. The second-order valence-electron chi connectivity index (χ2n) is 6.91. The van der Waals surface area contributed by atoms with Gasteiger partial charge in [-0.3, -0.25) is 4.79 Å². The number of aromatic nitrogens is 2. The summed E-state index contributed by atoms with van der Waals surface area (Å²) in [5.74, 6) is 0.390. The van der Waals surface area contributed by atoms with Crippen LogP contribution in [0.2, 0.25) is 5.02 Å². The molecule has 0 amide bonds. The number of halogens is 2. The van der Waals surface area contributed by atoms with Crippen molar-refractivity contribution < 1.29 is 4.79 Å². The van der Waals surface area contributed by atoms with E-state index in [2.05, 4.69) is 39.9 Å². The Morgan fingerprint density at radius 2 is 2.20 bits per heavy atom. The number of fused-ring (bicyclic) bond motifs is 1. The van der Waals surface area contributed by atoms with Crippen molar-refractivity contribution >= 4 is 40.1 Å². The first-order valence-corrected chi connectivity index (χ1v) is 10.4. The average molecular weight is 470 g/mol. The lowest BCUT2D eigenvalue weighted by molar-refractivity contribution is 0.0939. The maximum Gasteiger partial charge on any atom is 0.280 e. The van der Waals surface area contributed by atoms with E-state index in [1.165, 1.54) is 5.56 Å². The second-order valence-corrected chi connectivity index (χ2v) is 8.34. The fourth-order valence-electron chi connectivity index (χ4n) is 3.80. The molecular formula is C19H21ClIN3O. The molecule has 132 valence electrons. The van der Waals surface area contributed by atoms with Gasteiger partial charge in [-0.1, -0.05) is 30.7 Å². The summed E-state index contributed by atoms with van der Waals surface area (Å²) in [7, 11) is 0. The largest absolute Gasteiger partial charge is 0.314 e. The molecular weight excluding hydrogens is 449 g/mol.